The average molecular weight is 214 g/mol. The van der Waals surface area contributed by atoms with Crippen LogP contribution in [-0.4, -0.2) is 12.0 Å². The predicted molar refractivity (Wildman–Crippen MR) is 64.6 cm³/mol. The molecule has 1 aromatic carbocycles. The zero-order chi connectivity index (χ0) is 11.2. The van der Waals surface area contributed by atoms with Crippen LogP contribution >= 0.6 is 0 Å². The molecule has 0 atom stereocenters. The van der Waals surface area contributed by atoms with E-state index in [4.69, 9.17) is 4.74 Å². The van der Waals surface area contributed by atoms with Crippen LogP contribution in [0, 0.1) is 0 Å². The van der Waals surface area contributed by atoms with Gasteiger partial charge in [-0.3, -0.25) is 4.98 Å². The topological polar surface area (TPSA) is 34.1 Å². The Morgan fingerprint density at radius 2 is 2.00 bits per heavy atom. The molecule has 0 unspecified atom stereocenters. The lowest BCUT2D eigenvalue weighted by Crippen LogP contribution is -1.96. The molecule has 1 heterocycles. The molecule has 0 aliphatic rings. The molecule has 0 saturated heterocycles. The van der Waals surface area contributed by atoms with Crippen molar-refractivity contribution in [3.05, 3.63) is 54.4 Å². The number of nitrogens with zero attached hydrogens (tertiary/aromatic N) is 1. The van der Waals surface area contributed by atoms with E-state index in [1.54, 1.807) is 12.4 Å². The third-order valence-electron chi connectivity index (χ3n) is 2.27. The highest BCUT2D eigenvalue weighted by Gasteiger charge is 1.96. The third kappa shape index (κ3) is 2.73. The molecule has 2 aromatic rings. The van der Waals surface area contributed by atoms with Crippen LogP contribution in [0.1, 0.15) is 5.56 Å². The number of pyridine rings is 1. The van der Waals surface area contributed by atoms with Crippen LogP contribution in [0.4, 0.5) is 5.69 Å². The number of anilines is 1. The van der Waals surface area contributed by atoms with Crippen molar-refractivity contribution >= 4 is 5.69 Å². The van der Waals surface area contributed by atoms with Crippen molar-refractivity contribution in [2.75, 3.05) is 12.4 Å². The molecule has 0 radical (unpaired) electrons. The highest BCUT2D eigenvalue weighted by atomic mass is 16.5. The van der Waals surface area contributed by atoms with Crippen LogP contribution in [0.2, 0.25) is 0 Å². The van der Waals surface area contributed by atoms with Crippen LogP contribution in [0.25, 0.3) is 0 Å². The summed E-state index contributed by atoms with van der Waals surface area (Å²) in [4.78, 5) is 3.94. The fraction of sp³-hybridized carbons (Fsp3) is 0.154. The first-order valence-corrected chi connectivity index (χ1v) is 5.18. The Labute approximate surface area is 95.1 Å². The Bertz CT molecular complexity index is 443. The van der Waals surface area contributed by atoms with Crippen molar-refractivity contribution < 1.29 is 4.74 Å². The Hall–Kier alpha value is -2.03. The van der Waals surface area contributed by atoms with E-state index in [0.717, 1.165) is 17.0 Å². The van der Waals surface area contributed by atoms with Gasteiger partial charge in [0.1, 0.15) is 12.4 Å². The van der Waals surface area contributed by atoms with Gasteiger partial charge >= 0.3 is 0 Å². The molecular formula is C13H14N2O. The van der Waals surface area contributed by atoms with Gasteiger partial charge in [-0.25, -0.2) is 0 Å². The molecule has 2 rings (SSSR count). The molecule has 0 aliphatic carbocycles. The minimum atomic E-state index is 0.569. The summed E-state index contributed by atoms with van der Waals surface area (Å²) in [5.41, 5.74) is 2.24. The maximum absolute atomic E-state index is 5.62. The van der Waals surface area contributed by atoms with E-state index >= 15 is 0 Å². The highest BCUT2D eigenvalue weighted by Crippen LogP contribution is 2.13. The summed E-state index contributed by atoms with van der Waals surface area (Å²) < 4.78 is 5.62. The van der Waals surface area contributed by atoms with Gasteiger partial charge in [0, 0.05) is 25.1 Å². The Balaban J connectivity index is 1.99. The average Bonchev–Trinajstić information content (AvgIpc) is 2.38. The van der Waals surface area contributed by atoms with E-state index in [1.165, 1.54) is 0 Å². The van der Waals surface area contributed by atoms with Gasteiger partial charge in [-0.1, -0.05) is 12.1 Å². The summed E-state index contributed by atoms with van der Waals surface area (Å²) in [6.45, 7) is 0.569. The van der Waals surface area contributed by atoms with Gasteiger partial charge in [-0.05, 0) is 29.8 Å². The maximum atomic E-state index is 5.62. The van der Waals surface area contributed by atoms with Gasteiger partial charge in [0.25, 0.3) is 0 Å². The second-order valence-corrected chi connectivity index (χ2v) is 3.42. The molecule has 3 heteroatoms. The Kier molecular flexibility index (Phi) is 3.38. The first-order chi connectivity index (χ1) is 7.88. The van der Waals surface area contributed by atoms with Crippen LogP contribution in [0.5, 0.6) is 5.75 Å². The summed E-state index contributed by atoms with van der Waals surface area (Å²) in [7, 11) is 1.91. The lowest BCUT2D eigenvalue weighted by atomic mass is 10.2. The number of nitrogens with one attached hydrogen (secondary N) is 1. The molecule has 0 saturated carbocycles. The first-order valence-electron chi connectivity index (χ1n) is 5.18. The lowest BCUT2D eigenvalue weighted by molar-refractivity contribution is 0.306. The van der Waals surface area contributed by atoms with E-state index in [-0.39, 0.29) is 0 Å². The molecule has 0 fully saturated rings. The Morgan fingerprint density at radius 1 is 1.19 bits per heavy atom. The minimum Gasteiger partial charge on any atom is -0.489 e. The first kappa shape index (κ1) is 10.5. The van der Waals surface area contributed by atoms with Gasteiger partial charge in [0.05, 0.1) is 0 Å². The van der Waals surface area contributed by atoms with Crippen LogP contribution < -0.4 is 10.1 Å². The second kappa shape index (κ2) is 5.16. The quantitative estimate of drug-likeness (QED) is 0.849. The molecule has 1 aromatic heterocycles. The maximum Gasteiger partial charge on any atom is 0.122 e. The third-order valence-corrected chi connectivity index (χ3v) is 2.27. The summed E-state index contributed by atoms with van der Waals surface area (Å²) in [5, 5.41) is 3.10. The number of hydrogen-bond acceptors (Lipinski definition) is 3. The number of aromatic nitrogens is 1. The molecule has 0 spiro atoms. The molecule has 0 bridgehead atoms. The second-order valence-electron chi connectivity index (χ2n) is 3.42. The smallest absolute Gasteiger partial charge is 0.122 e. The summed E-state index contributed by atoms with van der Waals surface area (Å²) >= 11 is 0. The van der Waals surface area contributed by atoms with Crippen LogP contribution in [-0.2, 0) is 6.61 Å². The van der Waals surface area contributed by atoms with Crippen molar-refractivity contribution in [2.45, 2.75) is 6.61 Å². The normalized spacial score (nSPS) is 9.81. The van der Waals surface area contributed by atoms with Gasteiger partial charge in [0.2, 0.25) is 0 Å². The Morgan fingerprint density at radius 3 is 2.75 bits per heavy atom. The van der Waals surface area contributed by atoms with Gasteiger partial charge < -0.3 is 10.1 Å². The largest absolute Gasteiger partial charge is 0.489 e. The van der Waals surface area contributed by atoms with Crippen LogP contribution in [0.3, 0.4) is 0 Å². The lowest BCUT2D eigenvalue weighted by Gasteiger charge is -2.07. The predicted octanol–water partition coefficient (Wildman–Crippen LogP) is 2.70. The van der Waals surface area contributed by atoms with Gasteiger partial charge in [0.15, 0.2) is 0 Å². The zero-order valence-corrected chi connectivity index (χ0v) is 9.18. The van der Waals surface area contributed by atoms with Gasteiger partial charge in [-0.2, -0.15) is 0 Å². The van der Waals surface area contributed by atoms with E-state index in [9.17, 15) is 0 Å². The molecule has 16 heavy (non-hydrogen) atoms. The van der Waals surface area contributed by atoms with Gasteiger partial charge in [-0.15, -0.1) is 0 Å². The van der Waals surface area contributed by atoms with Crippen molar-refractivity contribution in [2.24, 2.45) is 0 Å². The number of rotatable bonds is 4. The minimum absolute atomic E-state index is 0.569. The number of hydrogen-bond donors (Lipinski definition) is 1. The van der Waals surface area contributed by atoms with E-state index in [1.807, 2.05) is 37.4 Å². The van der Waals surface area contributed by atoms with E-state index < -0.39 is 0 Å². The molecule has 0 amide bonds. The SMILES string of the molecule is CNc1cccc(COc2ccncc2)c1. The summed E-state index contributed by atoms with van der Waals surface area (Å²) in [6, 6.07) is 11.8. The molecule has 1 N–H and O–H groups in total. The fourth-order valence-corrected chi connectivity index (χ4v) is 1.42. The molecule has 82 valence electrons. The van der Waals surface area contributed by atoms with Crippen molar-refractivity contribution in [1.82, 2.24) is 4.98 Å². The zero-order valence-electron chi connectivity index (χ0n) is 9.18. The summed E-state index contributed by atoms with van der Waals surface area (Å²) in [5.74, 6) is 0.838. The molecule has 3 nitrogen and oxygen atoms in total. The van der Waals surface area contributed by atoms with Crippen LogP contribution in [0.15, 0.2) is 48.8 Å². The number of ether oxygens (including phenoxy) is 1. The summed E-state index contributed by atoms with van der Waals surface area (Å²) in [6.07, 6.45) is 3.44. The fourth-order valence-electron chi connectivity index (χ4n) is 1.42. The van der Waals surface area contributed by atoms with Crippen molar-refractivity contribution in [3.63, 3.8) is 0 Å². The van der Waals surface area contributed by atoms with Crippen molar-refractivity contribution in [3.8, 4) is 5.75 Å². The van der Waals surface area contributed by atoms with Crippen molar-refractivity contribution in [1.29, 1.82) is 0 Å². The van der Waals surface area contributed by atoms with E-state index in [2.05, 4.69) is 16.4 Å². The monoisotopic (exact) mass is 214 g/mol. The highest BCUT2D eigenvalue weighted by molar-refractivity contribution is 5.44. The number of benzene rings is 1. The molecular weight excluding hydrogens is 200 g/mol. The van der Waals surface area contributed by atoms with E-state index in [0.29, 0.717) is 6.61 Å². The molecule has 0 aliphatic heterocycles. The standard InChI is InChI=1S/C13H14N2O/c1-14-12-4-2-3-11(9-12)10-16-13-5-7-15-8-6-13/h2-9,14H,10H2,1H3.